The molecule has 2 aliphatic heterocycles. The van der Waals surface area contributed by atoms with E-state index in [1.54, 1.807) is 4.90 Å². The SMILES string of the molecule is COC(=O)CN1CC2CN(C)C(C)CN2c2c1c(=O)n(C)c1c(F)cc(F)cc21. The minimum absolute atomic E-state index is 0.0324. The van der Waals surface area contributed by atoms with E-state index in [1.807, 2.05) is 7.05 Å². The summed E-state index contributed by atoms with van der Waals surface area (Å²) in [5.41, 5.74) is 0.400. The number of methoxy groups -OCH3 is 1. The third-order valence-electron chi connectivity index (χ3n) is 6.09. The molecule has 1 fully saturated rings. The van der Waals surface area contributed by atoms with Gasteiger partial charge in [-0.1, -0.05) is 0 Å². The van der Waals surface area contributed by atoms with E-state index in [9.17, 15) is 18.4 Å². The molecular formula is C20H24F2N4O3. The van der Waals surface area contributed by atoms with E-state index in [2.05, 4.69) is 16.7 Å². The van der Waals surface area contributed by atoms with Gasteiger partial charge in [0.1, 0.15) is 18.0 Å². The molecule has 0 N–H and O–H groups in total. The fourth-order valence-corrected chi connectivity index (χ4v) is 4.48. The molecule has 0 aliphatic carbocycles. The summed E-state index contributed by atoms with van der Waals surface area (Å²) in [6.07, 6.45) is 0. The van der Waals surface area contributed by atoms with Crippen molar-refractivity contribution in [2.75, 3.05) is 50.1 Å². The van der Waals surface area contributed by atoms with Crippen LogP contribution in [0.25, 0.3) is 10.9 Å². The molecule has 4 rings (SSSR count). The smallest absolute Gasteiger partial charge is 0.325 e. The Labute approximate surface area is 167 Å². The molecule has 0 spiro atoms. The highest BCUT2D eigenvalue weighted by molar-refractivity contribution is 6.00. The molecule has 1 aromatic carbocycles. The topological polar surface area (TPSA) is 58.0 Å². The minimum Gasteiger partial charge on any atom is -0.468 e. The zero-order valence-corrected chi connectivity index (χ0v) is 16.9. The summed E-state index contributed by atoms with van der Waals surface area (Å²) in [4.78, 5) is 31.2. The second kappa shape index (κ2) is 6.98. The van der Waals surface area contributed by atoms with Gasteiger partial charge >= 0.3 is 5.97 Å². The van der Waals surface area contributed by atoms with E-state index in [1.165, 1.54) is 24.8 Å². The van der Waals surface area contributed by atoms with E-state index >= 15 is 0 Å². The number of carbonyl (C=O) groups is 1. The molecule has 7 nitrogen and oxygen atoms in total. The van der Waals surface area contributed by atoms with Crippen molar-refractivity contribution in [3.8, 4) is 0 Å². The number of carbonyl (C=O) groups excluding carboxylic acids is 1. The summed E-state index contributed by atoms with van der Waals surface area (Å²) >= 11 is 0. The highest BCUT2D eigenvalue weighted by Crippen LogP contribution is 2.41. The number of fused-ring (bicyclic) bond motifs is 5. The predicted octanol–water partition coefficient (Wildman–Crippen LogP) is 1.32. The number of hydrogen-bond donors (Lipinski definition) is 0. The summed E-state index contributed by atoms with van der Waals surface area (Å²) < 4.78 is 34.8. The maximum absolute atomic E-state index is 14.7. The molecule has 3 heterocycles. The third-order valence-corrected chi connectivity index (χ3v) is 6.09. The van der Waals surface area contributed by atoms with E-state index in [-0.39, 0.29) is 29.8 Å². The average molecular weight is 406 g/mol. The third kappa shape index (κ3) is 3.04. The Morgan fingerprint density at radius 1 is 1.17 bits per heavy atom. The number of pyridine rings is 1. The first-order valence-corrected chi connectivity index (χ1v) is 9.53. The van der Waals surface area contributed by atoms with Gasteiger partial charge in [0.05, 0.1) is 24.4 Å². The number of likely N-dealkylation sites (N-methyl/N-ethyl adjacent to an activating group) is 1. The number of aromatic nitrogens is 1. The molecule has 0 bridgehead atoms. The normalized spacial score (nSPS) is 21.9. The molecule has 2 unspecified atom stereocenters. The Balaban J connectivity index is 2.03. The van der Waals surface area contributed by atoms with Crippen molar-refractivity contribution >= 4 is 28.2 Å². The van der Waals surface area contributed by atoms with Gasteiger partial charge in [-0.3, -0.25) is 14.5 Å². The second-order valence-corrected chi connectivity index (χ2v) is 7.90. The molecular weight excluding hydrogens is 382 g/mol. The maximum Gasteiger partial charge on any atom is 0.325 e. The largest absolute Gasteiger partial charge is 0.468 e. The van der Waals surface area contributed by atoms with Crippen LogP contribution in [-0.2, 0) is 16.6 Å². The molecule has 1 aromatic heterocycles. The van der Waals surface area contributed by atoms with Crippen molar-refractivity contribution in [1.82, 2.24) is 9.47 Å². The van der Waals surface area contributed by atoms with Gasteiger partial charge in [0.15, 0.2) is 5.82 Å². The van der Waals surface area contributed by atoms with Crippen molar-refractivity contribution in [3.63, 3.8) is 0 Å². The highest BCUT2D eigenvalue weighted by Gasteiger charge is 2.40. The molecule has 2 atom stereocenters. The number of nitrogens with zero attached hydrogens (tertiary/aromatic N) is 4. The fourth-order valence-electron chi connectivity index (χ4n) is 4.48. The van der Waals surface area contributed by atoms with Gasteiger partial charge < -0.3 is 19.1 Å². The molecule has 0 radical (unpaired) electrons. The van der Waals surface area contributed by atoms with Crippen LogP contribution in [0.5, 0.6) is 0 Å². The van der Waals surface area contributed by atoms with Gasteiger partial charge in [-0.05, 0) is 20.0 Å². The van der Waals surface area contributed by atoms with Crippen molar-refractivity contribution in [2.24, 2.45) is 7.05 Å². The van der Waals surface area contributed by atoms with Gasteiger partial charge in [0.2, 0.25) is 0 Å². The summed E-state index contributed by atoms with van der Waals surface area (Å²) in [6.45, 7) is 3.72. The standard InChI is InChI=1S/C20H24F2N4O3/c1-11-7-26-13(8-23(11)2)9-25(10-16(27)29-4)19-18(26)14-5-12(21)6-15(22)17(14)24(3)20(19)28/h5-6,11,13H,7-10H2,1-4H3. The quantitative estimate of drug-likeness (QED) is 0.702. The summed E-state index contributed by atoms with van der Waals surface area (Å²) in [6, 6.07) is 2.21. The molecule has 156 valence electrons. The van der Waals surface area contributed by atoms with Gasteiger partial charge in [0, 0.05) is 44.2 Å². The molecule has 0 amide bonds. The Bertz CT molecular complexity index is 1050. The van der Waals surface area contributed by atoms with Crippen LogP contribution in [0, 0.1) is 11.6 Å². The monoisotopic (exact) mass is 406 g/mol. The van der Waals surface area contributed by atoms with E-state index in [4.69, 9.17) is 4.74 Å². The number of halogens is 2. The molecule has 0 saturated carbocycles. The lowest BCUT2D eigenvalue weighted by Gasteiger charge is -2.51. The number of esters is 1. The number of benzene rings is 1. The number of rotatable bonds is 2. The van der Waals surface area contributed by atoms with Crippen LogP contribution in [-0.4, -0.2) is 67.9 Å². The van der Waals surface area contributed by atoms with Gasteiger partial charge in [-0.15, -0.1) is 0 Å². The van der Waals surface area contributed by atoms with Crippen molar-refractivity contribution in [1.29, 1.82) is 0 Å². The molecule has 2 aliphatic rings. The number of piperazine rings is 1. The Morgan fingerprint density at radius 3 is 2.59 bits per heavy atom. The second-order valence-electron chi connectivity index (χ2n) is 7.90. The summed E-state index contributed by atoms with van der Waals surface area (Å²) in [7, 11) is 4.77. The first kappa shape index (κ1) is 19.6. The van der Waals surface area contributed by atoms with Crippen molar-refractivity contribution in [2.45, 2.75) is 19.0 Å². The first-order valence-electron chi connectivity index (χ1n) is 9.53. The highest BCUT2D eigenvalue weighted by atomic mass is 19.1. The first-order chi connectivity index (χ1) is 13.7. The van der Waals surface area contributed by atoms with Crippen LogP contribution < -0.4 is 15.4 Å². The van der Waals surface area contributed by atoms with E-state index < -0.39 is 23.2 Å². The molecule has 9 heteroatoms. The predicted molar refractivity (Wildman–Crippen MR) is 107 cm³/mol. The van der Waals surface area contributed by atoms with Gasteiger partial charge in [0.25, 0.3) is 5.56 Å². The number of ether oxygens (including phenoxy) is 1. The van der Waals surface area contributed by atoms with Crippen LogP contribution in [0.1, 0.15) is 6.92 Å². The average Bonchev–Trinajstić information content (AvgIpc) is 2.66. The van der Waals surface area contributed by atoms with Crippen molar-refractivity contribution in [3.05, 3.63) is 34.1 Å². The maximum atomic E-state index is 14.7. The molecule has 1 saturated heterocycles. The molecule has 2 aromatic rings. The van der Waals surface area contributed by atoms with Crippen LogP contribution in [0.4, 0.5) is 20.2 Å². The summed E-state index contributed by atoms with van der Waals surface area (Å²) in [5.74, 6) is -1.97. The lowest BCUT2D eigenvalue weighted by Crippen LogP contribution is -2.63. The number of anilines is 2. The van der Waals surface area contributed by atoms with E-state index in [0.29, 0.717) is 30.7 Å². The van der Waals surface area contributed by atoms with Gasteiger partial charge in [-0.25, -0.2) is 8.78 Å². The van der Waals surface area contributed by atoms with Crippen LogP contribution in [0.3, 0.4) is 0 Å². The lowest BCUT2D eigenvalue weighted by atomic mass is 9.99. The van der Waals surface area contributed by atoms with Crippen LogP contribution in [0.2, 0.25) is 0 Å². The zero-order chi connectivity index (χ0) is 21.0. The van der Waals surface area contributed by atoms with Gasteiger partial charge in [-0.2, -0.15) is 0 Å². The number of hydrogen-bond acceptors (Lipinski definition) is 6. The summed E-state index contributed by atoms with van der Waals surface area (Å²) in [5, 5.41) is 0.330. The van der Waals surface area contributed by atoms with Crippen LogP contribution in [0.15, 0.2) is 16.9 Å². The van der Waals surface area contributed by atoms with Crippen LogP contribution >= 0.6 is 0 Å². The number of aryl methyl sites for hydroxylation is 1. The zero-order valence-electron chi connectivity index (χ0n) is 16.9. The Morgan fingerprint density at radius 2 is 1.90 bits per heavy atom. The Hall–Kier alpha value is -2.68. The minimum atomic E-state index is -0.786. The van der Waals surface area contributed by atoms with Crippen molar-refractivity contribution < 1.29 is 18.3 Å². The lowest BCUT2D eigenvalue weighted by molar-refractivity contribution is -0.139. The molecule has 29 heavy (non-hydrogen) atoms. The van der Waals surface area contributed by atoms with E-state index in [0.717, 1.165) is 6.07 Å². The fraction of sp³-hybridized carbons (Fsp3) is 0.500. The Kier molecular flexibility index (Phi) is 4.72.